The van der Waals surface area contributed by atoms with E-state index in [0.29, 0.717) is 29.9 Å². The van der Waals surface area contributed by atoms with Gasteiger partial charge in [-0.2, -0.15) is 5.21 Å². The van der Waals surface area contributed by atoms with Gasteiger partial charge in [0.1, 0.15) is 0 Å². The number of nitrogens with one attached hydrogen (secondary N) is 1. The molecule has 0 fully saturated rings. The van der Waals surface area contributed by atoms with Crippen LogP contribution in [0.25, 0.3) is 11.4 Å². The molecule has 3 aromatic rings. The highest BCUT2D eigenvalue weighted by molar-refractivity contribution is 6.00. The van der Waals surface area contributed by atoms with Crippen molar-refractivity contribution >= 4 is 5.91 Å². The number of carbonyl (C=O) groups excluding carboxylic acids is 1. The number of aromatic nitrogens is 5. The predicted molar refractivity (Wildman–Crippen MR) is 94.9 cm³/mol. The van der Waals surface area contributed by atoms with E-state index < -0.39 is 0 Å². The Labute approximate surface area is 150 Å². The molecule has 1 atom stereocenters. The van der Waals surface area contributed by atoms with E-state index in [1.54, 1.807) is 35.5 Å². The van der Waals surface area contributed by atoms with Crippen LogP contribution in [-0.4, -0.2) is 54.2 Å². The number of benzene rings is 1. The van der Waals surface area contributed by atoms with E-state index in [1.807, 2.05) is 25.1 Å². The highest BCUT2D eigenvalue weighted by atomic mass is 16.3. The van der Waals surface area contributed by atoms with Crippen LogP contribution >= 0.6 is 0 Å². The normalized spacial score (nSPS) is 11.9. The molecule has 2 N–H and O–H groups in total. The second-order valence-corrected chi connectivity index (χ2v) is 5.81. The molecule has 0 aliphatic rings. The molecule has 1 unspecified atom stereocenters. The third-order valence-corrected chi connectivity index (χ3v) is 4.23. The Balaban J connectivity index is 1.98. The smallest absolute Gasteiger partial charge is 0.255 e. The van der Waals surface area contributed by atoms with Crippen LogP contribution in [0.15, 0.2) is 48.8 Å². The SMILES string of the molecule is CCC(CO)N(Cc1ccncc1)C(=O)c1ccccc1-c1nn[nH]n1. The molecule has 26 heavy (non-hydrogen) atoms. The molecule has 134 valence electrons. The first-order valence-corrected chi connectivity index (χ1v) is 8.38. The molecule has 0 aliphatic heterocycles. The number of aliphatic hydroxyl groups is 1. The molecule has 2 heterocycles. The van der Waals surface area contributed by atoms with Crippen LogP contribution in [0.3, 0.4) is 0 Å². The summed E-state index contributed by atoms with van der Waals surface area (Å²) in [6.45, 7) is 2.21. The summed E-state index contributed by atoms with van der Waals surface area (Å²) in [6.07, 6.45) is 4.01. The molecule has 0 saturated heterocycles. The first-order valence-electron chi connectivity index (χ1n) is 8.38. The van der Waals surface area contributed by atoms with E-state index in [2.05, 4.69) is 25.6 Å². The van der Waals surface area contributed by atoms with Crippen LogP contribution in [0.2, 0.25) is 0 Å². The zero-order chi connectivity index (χ0) is 18.4. The van der Waals surface area contributed by atoms with Crippen molar-refractivity contribution in [1.82, 2.24) is 30.5 Å². The largest absolute Gasteiger partial charge is 0.394 e. The number of carbonyl (C=O) groups is 1. The van der Waals surface area contributed by atoms with Crippen molar-refractivity contribution in [2.24, 2.45) is 0 Å². The van der Waals surface area contributed by atoms with Gasteiger partial charge < -0.3 is 10.0 Å². The highest BCUT2D eigenvalue weighted by Crippen LogP contribution is 2.23. The highest BCUT2D eigenvalue weighted by Gasteiger charge is 2.26. The van der Waals surface area contributed by atoms with Crippen molar-refractivity contribution in [3.63, 3.8) is 0 Å². The van der Waals surface area contributed by atoms with Crippen molar-refractivity contribution in [2.45, 2.75) is 25.9 Å². The summed E-state index contributed by atoms with van der Waals surface area (Å²) in [6, 6.07) is 10.5. The zero-order valence-corrected chi connectivity index (χ0v) is 14.4. The molecule has 1 aromatic carbocycles. The minimum atomic E-state index is -0.297. The third-order valence-electron chi connectivity index (χ3n) is 4.23. The molecular weight excluding hydrogens is 332 g/mol. The summed E-state index contributed by atoms with van der Waals surface area (Å²) in [5, 5.41) is 23.7. The van der Waals surface area contributed by atoms with Gasteiger partial charge in [-0.25, -0.2) is 0 Å². The van der Waals surface area contributed by atoms with E-state index in [9.17, 15) is 9.90 Å². The fourth-order valence-corrected chi connectivity index (χ4v) is 2.79. The Bertz CT molecular complexity index is 834. The Hall–Kier alpha value is -3.13. The zero-order valence-electron chi connectivity index (χ0n) is 14.4. The number of H-pyrrole nitrogens is 1. The van der Waals surface area contributed by atoms with E-state index in [-0.39, 0.29) is 18.6 Å². The van der Waals surface area contributed by atoms with Gasteiger partial charge in [0.25, 0.3) is 5.91 Å². The van der Waals surface area contributed by atoms with Crippen molar-refractivity contribution in [3.05, 3.63) is 59.9 Å². The molecule has 0 aliphatic carbocycles. The fraction of sp³-hybridized carbons (Fsp3) is 0.278. The Morgan fingerprint density at radius 1 is 1.23 bits per heavy atom. The lowest BCUT2D eigenvalue weighted by molar-refractivity contribution is 0.0564. The van der Waals surface area contributed by atoms with Crippen LogP contribution in [0.1, 0.15) is 29.3 Å². The lowest BCUT2D eigenvalue weighted by Crippen LogP contribution is -2.41. The topological polar surface area (TPSA) is 108 Å². The van der Waals surface area contributed by atoms with Gasteiger partial charge in [-0.15, -0.1) is 10.2 Å². The fourth-order valence-electron chi connectivity index (χ4n) is 2.79. The monoisotopic (exact) mass is 352 g/mol. The molecule has 8 heteroatoms. The number of pyridine rings is 1. The molecule has 0 radical (unpaired) electrons. The van der Waals surface area contributed by atoms with Gasteiger partial charge in [0.2, 0.25) is 5.82 Å². The van der Waals surface area contributed by atoms with Crippen molar-refractivity contribution in [2.75, 3.05) is 6.61 Å². The van der Waals surface area contributed by atoms with Gasteiger partial charge in [-0.05, 0) is 35.4 Å². The Kier molecular flexibility index (Phi) is 5.65. The molecule has 3 rings (SSSR count). The molecule has 0 spiro atoms. The van der Waals surface area contributed by atoms with E-state index in [4.69, 9.17) is 0 Å². The quantitative estimate of drug-likeness (QED) is 0.670. The Morgan fingerprint density at radius 3 is 2.65 bits per heavy atom. The summed E-state index contributed by atoms with van der Waals surface area (Å²) in [4.78, 5) is 19.0. The average Bonchev–Trinajstić information content (AvgIpc) is 3.23. The summed E-state index contributed by atoms with van der Waals surface area (Å²) >= 11 is 0. The lowest BCUT2D eigenvalue weighted by Gasteiger charge is -2.30. The van der Waals surface area contributed by atoms with Crippen LogP contribution in [-0.2, 0) is 6.54 Å². The summed E-state index contributed by atoms with van der Waals surface area (Å²) in [5.74, 6) is 0.165. The number of tetrazole rings is 1. The van der Waals surface area contributed by atoms with Gasteiger partial charge in [0.15, 0.2) is 0 Å². The van der Waals surface area contributed by atoms with Gasteiger partial charge in [-0.3, -0.25) is 9.78 Å². The minimum absolute atomic E-state index is 0.113. The average molecular weight is 352 g/mol. The summed E-state index contributed by atoms with van der Waals surface area (Å²) in [5.41, 5.74) is 2.01. The number of aliphatic hydroxyl groups excluding tert-OH is 1. The van der Waals surface area contributed by atoms with E-state index >= 15 is 0 Å². The Morgan fingerprint density at radius 2 is 2.00 bits per heavy atom. The number of nitrogens with zero attached hydrogens (tertiary/aromatic N) is 5. The van der Waals surface area contributed by atoms with Crippen molar-refractivity contribution in [1.29, 1.82) is 0 Å². The van der Waals surface area contributed by atoms with E-state index in [1.165, 1.54) is 0 Å². The number of amides is 1. The molecule has 8 nitrogen and oxygen atoms in total. The van der Waals surface area contributed by atoms with Gasteiger partial charge in [-0.1, -0.05) is 25.1 Å². The molecule has 0 bridgehead atoms. The van der Waals surface area contributed by atoms with Crippen LogP contribution in [0, 0.1) is 0 Å². The molecule has 1 amide bonds. The number of hydrogen-bond donors (Lipinski definition) is 2. The maximum absolute atomic E-state index is 13.3. The van der Waals surface area contributed by atoms with Crippen LogP contribution in [0.5, 0.6) is 0 Å². The minimum Gasteiger partial charge on any atom is -0.394 e. The van der Waals surface area contributed by atoms with Crippen molar-refractivity contribution < 1.29 is 9.90 Å². The van der Waals surface area contributed by atoms with Crippen LogP contribution in [0.4, 0.5) is 0 Å². The third kappa shape index (κ3) is 3.75. The van der Waals surface area contributed by atoms with Gasteiger partial charge in [0, 0.05) is 24.5 Å². The second-order valence-electron chi connectivity index (χ2n) is 5.81. The van der Waals surface area contributed by atoms with Gasteiger partial charge in [0.05, 0.1) is 18.2 Å². The van der Waals surface area contributed by atoms with Crippen molar-refractivity contribution in [3.8, 4) is 11.4 Å². The van der Waals surface area contributed by atoms with Gasteiger partial charge >= 0.3 is 0 Å². The first kappa shape index (κ1) is 17.7. The van der Waals surface area contributed by atoms with E-state index in [0.717, 1.165) is 5.56 Å². The maximum Gasteiger partial charge on any atom is 0.255 e. The maximum atomic E-state index is 13.3. The molecular formula is C18H20N6O2. The first-order chi connectivity index (χ1) is 12.7. The number of aromatic amines is 1. The lowest BCUT2D eigenvalue weighted by atomic mass is 10.0. The number of rotatable bonds is 7. The summed E-state index contributed by atoms with van der Waals surface area (Å²) < 4.78 is 0. The predicted octanol–water partition coefficient (Wildman–Crippen LogP) is 1.67. The molecule has 0 saturated carbocycles. The number of hydrogen-bond acceptors (Lipinski definition) is 6. The second kappa shape index (κ2) is 8.30. The van der Waals surface area contributed by atoms with Crippen LogP contribution < -0.4 is 0 Å². The standard InChI is InChI=1S/C18H20N6O2/c1-2-14(12-25)24(11-13-7-9-19-10-8-13)18(26)16-6-4-3-5-15(16)17-20-22-23-21-17/h3-10,14,25H,2,11-12H2,1H3,(H,20,21,22,23). The summed E-state index contributed by atoms with van der Waals surface area (Å²) in [7, 11) is 0. The molecule has 2 aromatic heterocycles.